The molecule has 124 valence electrons. The Bertz CT molecular complexity index is 544. The van der Waals surface area contributed by atoms with E-state index in [2.05, 4.69) is 27.3 Å². The van der Waals surface area contributed by atoms with E-state index in [9.17, 15) is 8.42 Å². The van der Waals surface area contributed by atoms with E-state index < -0.39 is 10.0 Å². The predicted octanol–water partition coefficient (Wildman–Crippen LogP) is 1.32. The maximum Gasteiger partial charge on any atom is 0.240 e. The van der Waals surface area contributed by atoms with Crippen molar-refractivity contribution in [2.24, 2.45) is 4.99 Å². The Balaban J connectivity index is 2.29. The van der Waals surface area contributed by atoms with Crippen LogP contribution in [0.3, 0.4) is 0 Å². The van der Waals surface area contributed by atoms with Crippen LogP contribution < -0.4 is 15.4 Å². The van der Waals surface area contributed by atoms with Crippen LogP contribution in [0.1, 0.15) is 26.2 Å². The molecule has 0 saturated heterocycles. The van der Waals surface area contributed by atoms with Crippen LogP contribution in [0.15, 0.2) is 40.2 Å². The monoisotopic (exact) mass is 326 g/mol. The summed E-state index contributed by atoms with van der Waals surface area (Å²) in [7, 11) is -1.74. The molecule has 0 unspecified atom stereocenters. The van der Waals surface area contributed by atoms with E-state index in [4.69, 9.17) is 0 Å². The molecule has 0 heterocycles. The predicted molar refractivity (Wildman–Crippen MR) is 90.5 cm³/mol. The second kappa shape index (κ2) is 10.2. The van der Waals surface area contributed by atoms with Crippen LogP contribution in [-0.4, -0.2) is 41.1 Å². The van der Waals surface area contributed by atoms with Gasteiger partial charge in [-0.3, -0.25) is 4.99 Å². The van der Waals surface area contributed by atoms with Crippen molar-refractivity contribution in [1.29, 1.82) is 0 Å². The second-order valence-electron chi connectivity index (χ2n) is 4.84. The lowest BCUT2D eigenvalue weighted by Crippen LogP contribution is -2.41. The van der Waals surface area contributed by atoms with E-state index in [1.54, 1.807) is 37.4 Å². The zero-order valence-corrected chi connectivity index (χ0v) is 14.1. The molecule has 22 heavy (non-hydrogen) atoms. The highest BCUT2D eigenvalue weighted by Crippen LogP contribution is 2.06. The molecule has 1 aromatic rings. The van der Waals surface area contributed by atoms with Gasteiger partial charge in [-0.2, -0.15) is 0 Å². The van der Waals surface area contributed by atoms with Crippen LogP contribution in [0.4, 0.5) is 0 Å². The number of unbranched alkanes of at least 4 members (excludes halogenated alkanes) is 2. The highest BCUT2D eigenvalue weighted by Gasteiger charge is 2.11. The topological polar surface area (TPSA) is 82.6 Å². The van der Waals surface area contributed by atoms with Gasteiger partial charge in [0, 0.05) is 26.7 Å². The van der Waals surface area contributed by atoms with Gasteiger partial charge >= 0.3 is 0 Å². The Labute approximate surface area is 133 Å². The Kier molecular flexibility index (Phi) is 8.54. The van der Waals surface area contributed by atoms with Crippen molar-refractivity contribution in [3.8, 4) is 0 Å². The third kappa shape index (κ3) is 6.91. The minimum Gasteiger partial charge on any atom is -0.356 e. The average molecular weight is 326 g/mol. The van der Waals surface area contributed by atoms with E-state index in [0.717, 1.165) is 13.0 Å². The summed E-state index contributed by atoms with van der Waals surface area (Å²) in [5, 5.41) is 6.28. The number of hydrogen-bond donors (Lipinski definition) is 3. The molecule has 0 saturated carbocycles. The Hall–Kier alpha value is -1.60. The molecule has 0 amide bonds. The smallest absolute Gasteiger partial charge is 0.240 e. The number of hydrogen-bond acceptors (Lipinski definition) is 3. The molecule has 0 aliphatic heterocycles. The van der Waals surface area contributed by atoms with Gasteiger partial charge < -0.3 is 10.6 Å². The molecule has 0 aliphatic carbocycles. The zero-order valence-electron chi connectivity index (χ0n) is 13.3. The molecule has 0 aromatic heterocycles. The van der Waals surface area contributed by atoms with Gasteiger partial charge in [0.15, 0.2) is 5.96 Å². The molecule has 0 fully saturated rings. The fourth-order valence-electron chi connectivity index (χ4n) is 1.85. The van der Waals surface area contributed by atoms with Crippen molar-refractivity contribution >= 4 is 16.0 Å². The number of aliphatic imine (C=N–C) groups is 1. The van der Waals surface area contributed by atoms with E-state index in [1.807, 2.05) is 0 Å². The summed E-state index contributed by atoms with van der Waals surface area (Å²) in [6.45, 7) is 3.79. The molecule has 1 rings (SSSR count). The van der Waals surface area contributed by atoms with E-state index in [1.165, 1.54) is 12.8 Å². The average Bonchev–Trinajstić information content (AvgIpc) is 2.54. The fourth-order valence-corrected chi connectivity index (χ4v) is 2.90. The van der Waals surface area contributed by atoms with E-state index >= 15 is 0 Å². The summed E-state index contributed by atoms with van der Waals surface area (Å²) < 4.78 is 26.6. The van der Waals surface area contributed by atoms with Gasteiger partial charge in [-0.1, -0.05) is 38.0 Å². The Morgan fingerprint density at radius 2 is 1.73 bits per heavy atom. The summed E-state index contributed by atoms with van der Waals surface area (Å²) in [5.41, 5.74) is 0. The van der Waals surface area contributed by atoms with Crippen molar-refractivity contribution in [3.05, 3.63) is 30.3 Å². The van der Waals surface area contributed by atoms with Crippen LogP contribution in [0.5, 0.6) is 0 Å². The minimum absolute atomic E-state index is 0.275. The molecule has 0 spiro atoms. The molecule has 1 aromatic carbocycles. The van der Waals surface area contributed by atoms with Crippen LogP contribution in [0, 0.1) is 0 Å². The second-order valence-corrected chi connectivity index (χ2v) is 6.61. The van der Waals surface area contributed by atoms with Gasteiger partial charge in [-0.15, -0.1) is 0 Å². The lowest BCUT2D eigenvalue weighted by Gasteiger charge is -2.12. The molecular weight excluding hydrogens is 300 g/mol. The number of nitrogens with zero attached hydrogens (tertiary/aromatic N) is 1. The van der Waals surface area contributed by atoms with Gasteiger partial charge in [0.1, 0.15) is 0 Å². The number of sulfonamides is 1. The molecule has 0 radical (unpaired) electrons. The van der Waals surface area contributed by atoms with Crippen molar-refractivity contribution in [2.75, 3.05) is 26.7 Å². The minimum atomic E-state index is -3.44. The number of benzene rings is 1. The van der Waals surface area contributed by atoms with E-state index in [0.29, 0.717) is 19.0 Å². The molecule has 0 atom stereocenters. The van der Waals surface area contributed by atoms with Crippen LogP contribution in [0.25, 0.3) is 0 Å². The molecule has 6 nitrogen and oxygen atoms in total. The molecule has 0 bridgehead atoms. The molecular formula is C15H26N4O2S. The van der Waals surface area contributed by atoms with Gasteiger partial charge in [0.05, 0.1) is 4.90 Å². The Morgan fingerprint density at radius 3 is 2.36 bits per heavy atom. The van der Waals surface area contributed by atoms with Crippen molar-refractivity contribution in [1.82, 2.24) is 15.4 Å². The van der Waals surface area contributed by atoms with Crippen molar-refractivity contribution in [3.63, 3.8) is 0 Å². The first-order valence-electron chi connectivity index (χ1n) is 7.59. The molecule has 7 heteroatoms. The van der Waals surface area contributed by atoms with Crippen LogP contribution in [-0.2, 0) is 10.0 Å². The summed E-state index contributed by atoms with van der Waals surface area (Å²) in [5.74, 6) is 0.690. The highest BCUT2D eigenvalue weighted by molar-refractivity contribution is 7.89. The lowest BCUT2D eigenvalue weighted by molar-refractivity contribution is 0.580. The van der Waals surface area contributed by atoms with E-state index in [-0.39, 0.29) is 4.90 Å². The number of guanidine groups is 1. The standard InChI is InChI=1S/C15H26N4O2S/c1-3-4-8-11-17-15(16-2)18-12-13-19-22(20,21)14-9-6-5-7-10-14/h5-7,9-10,19H,3-4,8,11-13H2,1-2H3,(H2,16,17,18). The highest BCUT2D eigenvalue weighted by atomic mass is 32.2. The normalized spacial score (nSPS) is 12.2. The third-order valence-electron chi connectivity index (χ3n) is 3.06. The number of nitrogens with one attached hydrogen (secondary N) is 3. The van der Waals surface area contributed by atoms with Crippen LogP contribution in [0.2, 0.25) is 0 Å². The van der Waals surface area contributed by atoms with Gasteiger partial charge in [0.2, 0.25) is 10.0 Å². The largest absolute Gasteiger partial charge is 0.356 e. The van der Waals surface area contributed by atoms with Gasteiger partial charge in [-0.25, -0.2) is 13.1 Å². The quantitative estimate of drug-likeness (QED) is 0.363. The molecule has 0 aliphatic rings. The first-order chi connectivity index (χ1) is 10.6. The first-order valence-corrected chi connectivity index (χ1v) is 9.07. The van der Waals surface area contributed by atoms with Crippen molar-refractivity contribution < 1.29 is 8.42 Å². The van der Waals surface area contributed by atoms with Gasteiger partial charge in [0.25, 0.3) is 0 Å². The Morgan fingerprint density at radius 1 is 1.05 bits per heavy atom. The summed E-state index contributed by atoms with van der Waals surface area (Å²) in [6.07, 6.45) is 3.45. The summed E-state index contributed by atoms with van der Waals surface area (Å²) >= 11 is 0. The zero-order chi connectivity index (χ0) is 16.3. The maximum atomic E-state index is 12.0. The molecule has 3 N–H and O–H groups in total. The van der Waals surface area contributed by atoms with Crippen LogP contribution >= 0.6 is 0 Å². The number of rotatable bonds is 9. The first kappa shape index (κ1) is 18.4. The summed E-state index contributed by atoms with van der Waals surface area (Å²) in [6, 6.07) is 8.34. The lowest BCUT2D eigenvalue weighted by atomic mass is 10.2. The van der Waals surface area contributed by atoms with Gasteiger partial charge in [-0.05, 0) is 18.6 Å². The fraction of sp³-hybridized carbons (Fsp3) is 0.533. The maximum absolute atomic E-state index is 12.0. The third-order valence-corrected chi connectivity index (χ3v) is 4.54. The van der Waals surface area contributed by atoms with Crippen molar-refractivity contribution in [2.45, 2.75) is 31.1 Å². The summed E-state index contributed by atoms with van der Waals surface area (Å²) in [4.78, 5) is 4.37. The SMILES string of the molecule is CCCCCNC(=NC)NCCNS(=O)(=O)c1ccccc1.